The molecule has 0 aromatic heterocycles. The fraction of sp³-hybridized carbons (Fsp3) is 0.333. The third-order valence-corrected chi connectivity index (χ3v) is 5.38. The van der Waals surface area contributed by atoms with Gasteiger partial charge in [-0.05, 0) is 30.7 Å². The Bertz CT molecular complexity index is 1030. The van der Waals surface area contributed by atoms with Crippen LogP contribution in [-0.2, 0) is 14.3 Å². The van der Waals surface area contributed by atoms with Gasteiger partial charge in [0.1, 0.15) is 11.5 Å². The van der Waals surface area contributed by atoms with Crippen LogP contribution in [0.2, 0.25) is 0 Å². The fourth-order valence-electron chi connectivity index (χ4n) is 3.84. The van der Waals surface area contributed by atoms with Gasteiger partial charge in [-0.2, -0.15) is 0 Å². The molecule has 1 heterocycles. The maximum absolute atomic E-state index is 13.1. The molecule has 1 aliphatic heterocycles. The Hall–Kier alpha value is -3.52. The summed E-state index contributed by atoms with van der Waals surface area (Å²) < 4.78 is 21.2. The summed E-state index contributed by atoms with van der Waals surface area (Å²) in [6.07, 6.45) is 0.533. The van der Waals surface area contributed by atoms with E-state index in [4.69, 9.17) is 18.9 Å². The largest absolute Gasteiger partial charge is 0.507 e. The number of benzene rings is 2. The number of carbonyl (C=O) groups is 2. The molecule has 3 rings (SSSR count). The predicted molar refractivity (Wildman–Crippen MR) is 118 cm³/mol. The number of likely N-dealkylation sites (tertiary alicyclic amines) is 1. The van der Waals surface area contributed by atoms with E-state index in [1.54, 1.807) is 49.6 Å². The minimum absolute atomic E-state index is 0.0101. The van der Waals surface area contributed by atoms with Gasteiger partial charge in [0.2, 0.25) is 0 Å². The summed E-state index contributed by atoms with van der Waals surface area (Å²) in [6.45, 7) is 0.709. The number of hydrogen-bond acceptors (Lipinski definition) is 7. The Morgan fingerprint density at radius 2 is 1.62 bits per heavy atom. The molecule has 2 aromatic rings. The second kappa shape index (κ2) is 10.2. The second-order valence-corrected chi connectivity index (χ2v) is 7.15. The van der Waals surface area contributed by atoms with Crippen LogP contribution < -0.4 is 14.2 Å². The number of methoxy groups -OCH3 is 4. The molecule has 1 fully saturated rings. The maximum atomic E-state index is 13.1. The van der Waals surface area contributed by atoms with E-state index in [1.165, 1.54) is 26.2 Å². The first-order valence-corrected chi connectivity index (χ1v) is 10.1. The van der Waals surface area contributed by atoms with Gasteiger partial charge in [0.25, 0.3) is 11.7 Å². The number of nitrogens with zero attached hydrogens (tertiary/aromatic N) is 1. The van der Waals surface area contributed by atoms with Crippen LogP contribution in [0.5, 0.6) is 17.2 Å². The van der Waals surface area contributed by atoms with Crippen molar-refractivity contribution in [3.8, 4) is 17.2 Å². The Balaban J connectivity index is 2.18. The standard InChI is InChI=1S/C24H27NO7/c1-29-13-7-12-25-21(16-8-5-6-9-17(16)30-2)20(23(27)24(25)28)22(26)15-10-11-18(31-3)19(14-15)32-4/h5-6,8-11,14,21,26H,7,12-13H2,1-4H3/b22-20+. The molecular formula is C24H27NO7. The Kier molecular flexibility index (Phi) is 7.37. The quantitative estimate of drug-likeness (QED) is 0.276. The smallest absolute Gasteiger partial charge is 0.295 e. The summed E-state index contributed by atoms with van der Waals surface area (Å²) in [5, 5.41) is 11.2. The molecule has 0 radical (unpaired) electrons. The van der Waals surface area contributed by atoms with Gasteiger partial charge in [-0.25, -0.2) is 0 Å². The third-order valence-electron chi connectivity index (χ3n) is 5.38. The van der Waals surface area contributed by atoms with Crippen molar-refractivity contribution in [3.63, 3.8) is 0 Å². The molecule has 1 aliphatic rings. The highest BCUT2D eigenvalue weighted by atomic mass is 16.5. The summed E-state index contributed by atoms with van der Waals surface area (Å²) in [5.74, 6) is -0.362. The van der Waals surface area contributed by atoms with Gasteiger partial charge < -0.3 is 29.0 Å². The minimum atomic E-state index is -0.809. The summed E-state index contributed by atoms with van der Waals surface area (Å²) in [5.41, 5.74) is 0.926. The molecule has 0 aliphatic carbocycles. The number of ketones is 1. The predicted octanol–water partition coefficient (Wildman–Crippen LogP) is 3.17. The number of aliphatic hydroxyl groups is 1. The van der Waals surface area contributed by atoms with Crippen molar-refractivity contribution in [2.75, 3.05) is 41.6 Å². The van der Waals surface area contributed by atoms with Crippen LogP contribution in [-0.4, -0.2) is 63.3 Å². The van der Waals surface area contributed by atoms with E-state index in [-0.39, 0.29) is 17.9 Å². The number of para-hydroxylation sites is 1. The van der Waals surface area contributed by atoms with Gasteiger partial charge in [0.15, 0.2) is 11.5 Å². The molecule has 0 spiro atoms. The van der Waals surface area contributed by atoms with Crippen molar-refractivity contribution in [2.45, 2.75) is 12.5 Å². The first-order chi connectivity index (χ1) is 15.5. The molecule has 1 N–H and O–H groups in total. The van der Waals surface area contributed by atoms with Gasteiger partial charge in [-0.15, -0.1) is 0 Å². The zero-order valence-corrected chi connectivity index (χ0v) is 18.6. The van der Waals surface area contributed by atoms with Gasteiger partial charge in [-0.3, -0.25) is 9.59 Å². The zero-order chi connectivity index (χ0) is 23.3. The number of aliphatic hydroxyl groups excluding tert-OH is 1. The van der Waals surface area contributed by atoms with Crippen LogP contribution >= 0.6 is 0 Å². The molecule has 170 valence electrons. The van der Waals surface area contributed by atoms with E-state index in [0.717, 1.165) is 0 Å². The summed E-state index contributed by atoms with van der Waals surface area (Å²) in [4.78, 5) is 27.5. The molecule has 2 aromatic carbocycles. The van der Waals surface area contributed by atoms with E-state index >= 15 is 0 Å². The van der Waals surface area contributed by atoms with Crippen molar-refractivity contribution >= 4 is 17.4 Å². The molecular weight excluding hydrogens is 414 g/mol. The lowest BCUT2D eigenvalue weighted by Gasteiger charge is -2.26. The lowest BCUT2D eigenvalue weighted by molar-refractivity contribution is -0.140. The van der Waals surface area contributed by atoms with Crippen molar-refractivity contribution < 1.29 is 33.6 Å². The number of hydrogen-bond donors (Lipinski definition) is 1. The molecule has 1 unspecified atom stereocenters. The number of amides is 1. The van der Waals surface area contributed by atoms with E-state index < -0.39 is 17.7 Å². The van der Waals surface area contributed by atoms with Crippen molar-refractivity contribution in [1.82, 2.24) is 4.90 Å². The Labute approximate surface area is 187 Å². The normalized spacial score (nSPS) is 17.5. The lowest BCUT2D eigenvalue weighted by Crippen LogP contribution is -2.31. The molecule has 0 bridgehead atoms. The van der Waals surface area contributed by atoms with Crippen molar-refractivity contribution in [1.29, 1.82) is 0 Å². The molecule has 32 heavy (non-hydrogen) atoms. The second-order valence-electron chi connectivity index (χ2n) is 7.15. The minimum Gasteiger partial charge on any atom is -0.507 e. The summed E-state index contributed by atoms with van der Waals surface area (Å²) in [6, 6.07) is 11.1. The third kappa shape index (κ3) is 4.27. The van der Waals surface area contributed by atoms with Crippen LogP contribution in [0, 0.1) is 0 Å². The number of carbonyl (C=O) groups excluding carboxylic acids is 2. The van der Waals surface area contributed by atoms with Gasteiger partial charge in [0.05, 0.1) is 32.9 Å². The highest BCUT2D eigenvalue weighted by Crippen LogP contribution is 2.43. The lowest BCUT2D eigenvalue weighted by atomic mass is 9.94. The maximum Gasteiger partial charge on any atom is 0.295 e. The molecule has 1 saturated heterocycles. The van der Waals surface area contributed by atoms with Crippen LogP contribution in [0.1, 0.15) is 23.6 Å². The summed E-state index contributed by atoms with van der Waals surface area (Å²) >= 11 is 0. The average Bonchev–Trinajstić information content (AvgIpc) is 3.08. The van der Waals surface area contributed by atoms with E-state index in [0.29, 0.717) is 41.4 Å². The number of rotatable bonds is 9. The Morgan fingerprint density at radius 1 is 0.938 bits per heavy atom. The van der Waals surface area contributed by atoms with E-state index in [1.807, 2.05) is 0 Å². The van der Waals surface area contributed by atoms with E-state index in [2.05, 4.69) is 0 Å². The molecule has 8 heteroatoms. The number of Topliss-reactive ketones (excluding diaryl/α,β-unsaturated/α-hetero) is 1. The van der Waals surface area contributed by atoms with Crippen molar-refractivity contribution in [3.05, 3.63) is 59.2 Å². The first kappa shape index (κ1) is 23.1. The van der Waals surface area contributed by atoms with Gasteiger partial charge in [-0.1, -0.05) is 18.2 Å². The molecule has 0 saturated carbocycles. The van der Waals surface area contributed by atoms with Crippen LogP contribution in [0.15, 0.2) is 48.0 Å². The number of ether oxygens (including phenoxy) is 4. The monoisotopic (exact) mass is 441 g/mol. The average molecular weight is 441 g/mol. The highest BCUT2D eigenvalue weighted by molar-refractivity contribution is 6.46. The van der Waals surface area contributed by atoms with Crippen LogP contribution in [0.25, 0.3) is 5.76 Å². The summed E-state index contributed by atoms with van der Waals surface area (Å²) in [7, 11) is 6.07. The topological polar surface area (TPSA) is 94.5 Å². The van der Waals surface area contributed by atoms with Crippen LogP contribution in [0.3, 0.4) is 0 Å². The molecule has 1 atom stereocenters. The zero-order valence-electron chi connectivity index (χ0n) is 18.6. The SMILES string of the molecule is COCCCN1C(=O)C(=O)/C(=C(/O)c2ccc(OC)c(OC)c2)C1c1ccccc1OC. The molecule has 1 amide bonds. The van der Waals surface area contributed by atoms with Gasteiger partial charge in [0, 0.05) is 31.4 Å². The Morgan fingerprint density at radius 3 is 2.28 bits per heavy atom. The van der Waals surface area contributed by atoms with Crippen molar-refractivity contribution in [2.24, 2.45) is 0 Å². The van der Waals surface area contributed by atoms with Gasteiger partial charge >= 0.3 is 0 Å². The molecule has 8 nitrogen and oxygen atoms in total. The first-order valence-electron chi connectivity index (χ1n) is 10.1. The van der Waals surface area contributed by atoms with Crippen LogP contribution in [0.4, 0.5) is 0 Å². The fourth-order valence-corrected chi connectivity index (χ4v) is 3.84. The highest BCUT2D eigenvalue weighted by Gasteiger charge is 2.46. The van der Waals surface area contributed by atoms with E-state index in [9.17, 15) is 14.7 Å².